The average molecular weight is 339 g/mol. The SMILES string of the molecule is C[C@H]1CC(Nc2cc(Cl)ccc2N(C)C)c2ccsc2S1. The molecule has 0 spiro atoms. The lowest BCUT2D eigenvalue weighted by Crippen LogP contribution is -2.20. The van der Waals surface area contributed by atoms with E-state index in [1.807, 2.05) is 35.2 Å². The number of rotatable bonds is 3. The number of hydrogen-bond acceptors (Lipinski definition) is 4. The van der Waals surface area contributed by atoms with Gasteiger partial charge in [-0.1, -0.05) is 18.5 Å². The second-order valence-corrected chi connectivity index (χ2v) is 8.64. The van der Waals surface area contributed by atoms with Gasteiger partial charge in [0.1, 0.15) is 0 Å². The summed E-state index contributed by atoms with van der Waals surface area (Å²) in [6, 6.07) is 8.64. The standard InChI is InChI=1S/C16H19ClN2S2/c1-10-8-13(12-6-7-20-16(12)21-10)18-14-9-11(17)4-5-15(14)19(2)3/h4-7,9-10,13,18H,8H2,1-3H3/t10-,13?/m0/s1. The third-order valence-corrected chi connectivity index (χ3v) is 6.26. The number of anilines is 2. The third-order valence-electron chi connectivity index (χ3n) is 3.68. The summed E-state index contributed by atoms with van der Waals surface area (Å²) in [7, 11) is 4.12. The van der Waals surface area contributed by atoms with Crippen LogP contribution in [0.25, 0.3) is 0 Å². The molecule has 1 N–H and O–H groups in total. The van der Waals surface area contributed by atoms with Crippen LogP contribution < -0.4 is 10.2 Å². The van der Waals surface area contributed by atoms with E-state index >= 15 is 0 Å². The monoisotopic (exact) mass is 338 g/mol. The number of fused-ring (bicyclic) bond motifs is 1. The van der Waals surface area contributed by atoms with Gasteiger partial charge in [-0.25, -0.2) is 0 Å². The minimum absolute atomic E-state index is 0.361. The number of thiophene rings is 1. The molecule has 1 aliphatic rings. The van der Waals surface area contributed by atoms with E-state index in [9.17, 15) is 0 Å². The molecule has 0 saturated carbocycles. The molecule has 2 heterocycles. The number of thioether (sulfide) groups is 1. The highest BCUT2D eigenvalue weighted by Gasteiger charge is 2.26. The predicted molar refractivity (Wildman–Crippen MR) is 96.4 cm³/mol. The maximum absolute atomic E-state index is 6.19. The molecule has 0 aliphatic carbocycles. The molecule has 1 aliphatic heterocycles. The van der Waals surface area contributed by atoms with Crippen molar-refractivity contribution in [3.63, 3.8) is 0 Å². The number of nitrogens with one attached hydrogen (secondary N) is 1. The number of hydrogen-bond donors (Lipinski definition) is 1. The van der Waals surface area contributed by atoms with Gasteiger partial charge in [-0.05, 0) is 41.6 Å². The predicted octanol–water partition coefficient (Wildman–Crippen LogP) is 5.51. The first-order valence-corrected chi connectivity index (χ1v) is 9.16. The maximum atomic E-state index is 6.19. The molecule has 0 bridgehead atoms. The van der Waals surface area contributed by atoms with Crippen molar-refractivity contribution in [1.29, 1.82) is 0 Å². The van der Waals surface area contributed by atoms with Crippen LogP contribution in [0.5, 0.6) is 0 Å². The molecule has 2 nitrogen and oxygen atoms in total. The fraction of sp³-hybridized carbons (Fsp3) is 0.375. The first kappa shape index (κ1) is 15.1. The Balaban J connectivity index is 1.93. The van der Waals surface area contributed by atoms with Gasteiger partial charge in [0.15, 0.2) is 0 Å². The van der Waals surface area contributed by atoms with Crippen LogP contribution in [-0.4, -0.2) is 19.3 Å². The Hall–Kier alpha value is -0.840. The molecular weight excluding hydrogens is 320 g/mol. The highest BCUT2D eigenvalue weighted by atomic mass is 35.5. The lowest BCUT2D eigenvalue weighted by Gasteiger charge is -2.30. The zero-order valence-corrected chi connectivity index (χ0v) is 14.8. The van der Waals surface area contributed by atoms with E-state index in [1.165, 1.54) is 15.5 Å². The van der Waals surface area contributed by atoms with Crippen LogP contribution in [-0.2, 0) is 0 Å². The molecule has 0 fully saturated rings. The quantitative estimate of drug-likeness (QED) is 0.794. The topological polar surface area (TPSA) is 15.3 Å². The summed E-state index contributed by atoms with van der Waals surface area (Å²) in [5.74, 6) is 0. The molecular formula is C16H19ClN2S2. The molecule has 0 saturated heterocycles. The van der Waals surface area contributed by atoms with Gasteiger partial charge in [0, 0.05) is 24.4 Å². The van der Waals surface area contributed by atoms with Gasteiger partial charge in [0.05, 0.1) is 21.6 Å². The van der Waals surface area contributed by atoms with Crippen molar-refractivity contribution in [1.82, 2.24) is 0 Å². The van der Waals surface area contributed by atoms with Crippen LogP contribution in [0.4, 0.5) is 11.4 Å². The van der Waals surface area contributed by atoms with Gasteiger partial charge in [-0.2, -0.15) is 0 Å². The van der Waals surface area contributed by atoms with E-state index in [1.54, 1.807) is 0 Å². The zero-order valence-electron chi connectivity index (χ0n) is 12.4. The van der Waals surface area contributed by atoms with Crippen molar-refractivity contribution in [2.75, 3.05) is 24.3 Å². The van der Waals surface area contributed by atoms with E-state index < -0.39 is 0 Å². The van der Waals surface area contributed by atoms with Crippen LogP contribution in [0.3, 0.4) is 0 Å². The zero-order chi connectivity index (χ0) is 15.0. The Morgan fingerprint density at radius 2 is 2.10 bits per heavy atom. The Morgan fingerprint density at radius 3 is 2.86 bits per heavy atom. The molecule has 0 radical (unpaired) electrons. The lowest BCUT2D eigenvalue weighted by atomic mass is 10.0. The average Bonchev–Trinajstić information content (AvgIpc) is 2.86. The van der Waals surface area contributed by atoms with Gasteiger partial charge in [0.25, 0.3) is 0 Å². The molecule has 2 atom stereocenters. The summed E-state index contributed by atoms with van der Waals surface area (Å²) in [5.41, 5.74) is 3.70. The summed E-state index contributed by atoms with van der Waals surface area (Å²) in [5, 5.41) is 7.31. The van der Waals surface area contributed by atoms with Crippen LogP contribution in [0.2, 0.25) is 5.02 Å². The maximum Gasteiger partial charge on any atom is 0.0653 e. The Labute approximate surface area is 139 Å². The first-order chi connectivity index (χ1) is 10.0. The molecule has 0 amide bonds. The van der Waals surface area contributed by atoms with Gasteiger partial charge < -0.3 is 10.2 Å². The van der Waals surface area contributed by atoms with E-state index in [-0.39, 0.29) is 0 Å². The fourth-order valence-electron chi connectivity index (χ4n) is 2.69. The number of halogens is 1. The molecule has 112 valence electrons. The summed E-state index contributed by atoms with van der Waals surface area (Å²) in [6.07, 6.45) is 1.13. The van der Waals surface area contributed by atoms with Crippen molar-refractivity contribution in [2.24, 2.45) is 0 Å². The molecule has 21 heavy (non-hydrogen) atoms. The van der Waals surface area contributed by atoms with E-state index in [0.717, 1.165) is 17.1 Å². The van der Waals surface area contributed by atoms with Crippen molar-refractivity contribution in [3.8, 4) is 0 Å². The summed E-state index contributed by atoms with van der Waals surface area (Å²) in [4.78, 5) is 2.12. The van der Waals surface area contributed by atoms with Gasteiger partial charge in [-0.3, -0.25) is 0 Å². The van der Waals surface area contributed by atoms with Gasteiger partial charge in [0.2, 0.25) is 0 Å². The fourth-order valence-corrected chi connectivity index (χ4v) is 5.43. The molecule has 1 aromatic heterocycles. The highest BCUT2D eigenvalue weighted by Crippen LogP contribution is 2.45. The largest absolute Gasteiger partial charge is 0.376 e. The van der Waals surface area contributed by atoms with E-state index in [4.69, 9.17) is 11.6 Å². The molecule has 1 unspecified atom stereocenters. The van der Waals surface area contributed by atoms with E-state index in [0.29, 0.717) is 11.3 Å². The first-order valence-electron chi connectivity index (χ1n) is 7.02. The Morgan fingerprint density at radius 1 is 1.29 bits per heavy atom. The lowest BCUT2D eigenvalue weighted by molar-refractivity contribution is 0.670. The normalized spacial score (nSPS) is 21.0. The summed E-state index contributed by atoms with van der Waals surface area (Å²) in [6.45, 7) is 2.30. The smallest absolute Gasteiger partial charge is 0.0653 e. The Kier molecular flexibility index (Phi) is 4.38. The molecule has 3 rings (SSSR count). The highest BCUT2D eigenvalue weighted by molar-refractivity contribution is 8.01. The van der Waals surface area contributed by atoms with Crippen LogP contribution in [0, 0.1) is 0 Å². The van der Waals surface area contributed by atoms with E-state index in [2.05, 4.69) is 48.7 Å². The molecule has 5 heteroatoms. The van der Waals surface area contributed by atoms with Crippen molar-refractivity contribution in [3.05, 3.63) is 40.2 Å². The van der Waals surface area contributed by atoms with Crippen molar-refractivity contribution in [2.45, 2.75) is 28.8 Å². The Bertz CT molecular complexity index is 639. The summed E-state index contributed by atoms with van der Waals surface area (Å²) >= 11 is 10.0. The van der Waals surface area contributed by atoms with Crippen LogP contribution in [0.1, 0.15) is 24.9 Å². The van der Waals surface area contributed by atoms with Gasteiger partial charge in [-0.15, -0.1) is 23.1 Å². The van der Waals surface area contributed by atoms with Crippen molar-refractivity contribution < 1.29 is 0 Å². The second kappa shape index (κ2) is 6.11. The summed E-state index contributed by atoms with van der Waals surface area (Å²) < 4.78 is 1.44. The minimum atomic E-state index is 0.361. The van der Waals surface area contributed by atoms with Gasteiger partial charge >= 0.3 is 0 Å². The third kappa shape index (κ3) is 3.17. The minimum Gasteiger partial charge on any atom is -0.376 e. The van der Waals surface area contributed by atoms with Crippen LogP contribution in [0.15, 0.2) is 33.9 Å². The van der Waals surface area contributed by atoms with Crippen LogP contribution >= 0.6 is 34.7 Å². The molecule has 1 aromatic carbocycles. The van der Waals surface area contributed by atoms with Crippen molar-refractivity contribution >= 4 is 46.1 Å². The second-order valence-electron chi connectivity index (χ2n) is 5.58. The number of benzene rings is 1. The number of nitrogens with zero attached hydrogens (tertiary/aromatic N) is 1. The molecule has 2 aromatic rings.